The molecule has 13 nitrogen and oxygen atoms in total. The van der Waals surface area contributed by atoms with Crippen LogP contribution in [0.5, 0.6) is 11.8 Å². The molecule has 3 atom stereocenters. The van der Waals surface area contributed by atoms with E-state index in [9.17, 15) is 8.42 Å². The van der Waals surface area contributed by atoms with E-state index in [2.05, 4.69) is 29.9 Å². The quantitative estimate of drug-likeness (QED) is 0.377. The average molecular weight is 548 g/mol. The van der Waals surface area contributed by atoms with Crippen molar-refractivity contribution >= 4 is 16.0 Å². The van der Waals surface area contributed by atoms with Crippen LogP contribution < -0.4 is 14.2 Å². The fourth-order valence-electron chi connectivity index (χ4n) is 4.17. The first kappa shape index (κ1) is 27.7. The first-order chi connectivity index (χ1) is 18.2. The van der Waals surface area contributed by atoms with E-state index in [1.807, 2.05) is 26.8 Å². The van der Waals surface area contributed by atoms with Crippen LogP contribution in [0.25, 0.3) is 5.69 Å². The highest BCUT2D eigenvalue weighted by Crippen LogP contribution is 2.36. The van der Waals surface area contributed by atoms with Gasteiger partial charge < -0.3 is 18.9 Å². The molecule has 1 aliphatic rings. The lowest BCUT2D eigenvalue weighted by atomic mass is 10.1. The molecule has 0 radical (unpaired) electrons. The number of pyridine rings is 1. The third kappa shape index (κ3) is 5.71. The third-order valence-electron chi connectivity index (χ3n) is 6.14. The fourth-order valence-corrected chi connectivity index (χ4v) is 5.27. The zero-order valence-electron chi connectivity index (χ0n) is 22.3. The molecular weight excluding hydrogens is 514 g/mol. The Labute approximate surface area is 222 Å². The summed E-state index contributed by atoms with van der Waals surface area (Å²) in [5.41, 5.74) is 1.73. The van der Waals surface area contributed by atoms with Crippen LogP contribution in [0.3, 0.4) is 0 Å². The Morgan fingerprint density at radius 3 is 2.34 bits per heavy atom. The largest absolute Gasteiger partial charge is 0.479 e. The summed E-state index contributed by atoms with van der Waals surface area (Å²) < 4.78 is 54.2. The summed E-state index contributed by atoms with van der Waals surface area (Å²) in [6, 6.07) is 3.64. The molecule has 1 N–H and O–H groups in total. The molecule has 206 valence electrons. The number of ether oxygens (including phenoxy) is 4. The van der Waals surface area contributed by atoms with Crippen molar-refractivity contribution in [1.29, 1.82) is 0 Å². The van der Waals surface area contributed by atoms with E-state index in [0.717, 1.165) is 5.56 Å². The minimum atomic E-state index is -4.09. The number of hydrogen-bond donors (Lipinski definition) is 1. The highest BCUT2D eigenvalue weighted by Gasteiger charge is 2.36. The van der Waals surface area contributed by atoms with Crippen LogP contribution in [0, 0.1) is 6.92 Å². The molecule has 4 rings (SSSR count). The zero-order chi connectivity index (χ0) is 27.4. The van der Waals surface area contributed by atoms with E-state index in [1.54, 1.807) is 19.2 Å². The van der Waals surface area contributed by atoms with E-state index >= 15 is 0 Å². The molecule has 0 aromatic carbocycles. The van der Waals surface area contributed by atoms with Gasteiger partial charge in [0.15, 0.2) is 5.69 Å². The molecule has 4 heterocycles. The molecule has 1 aliphatic heterocycles. The van der Waals surface area contributed by atoms with Gasteiger partial charge in [0.2, 0.25) is 27.7 Å². The van der Waals surface area contributed by atoms with Crippen LogP contribution in [0.15, 0.2) is 24.7 Å². The van der Waals surface area contributed by atoms with E-state index in [-0.39, 0.29) is 35.4 Å². The summed E-state index contributed by atoms with van der Waals surface area (Å²) >= 11 is 0. The van der Waals surface area contributed by atoms with E-state index in [4.69, 9.17) is 18.9 Å². The van der Waals surface area contributed by atoms with Gasteiger partial charge in [-0.2, -0.15) is 9.97 Å². The van der Waals surface area contributed by atoms with E-state index < -0.39 is 21.4 Å². The average Bonchev–Trinajstić information content (AvgIpc) is 3.56. The van der Waals surface area contributed by atoms with Gasteiger partial charge in [-0.25, -0.2) is 8.42 Å². The number of sulfonamides is 1. The second-order valence-electron chi connectivity index (χ2n) is 9.24. The Morgan fingerprint density at radius 1 is 1.08 bits per heavy atom. The second-order valence-corrected chi connectivity index (χ2v) is 11.3. The van der Waals surface area contributed by atoms with Crippen molar-refractivity contribution in [2.45, 2.75) is 57.5 Å². The molecule has 0 unspecified atom stereocenters. The van der Waals surface area contributed by atoms with E-state index in [1.165, 1.54) is 25.1 Å². The number of anilines is 1. The molecule has 0 aliphatic carbocycles. The van der Waals surface area contributed by atoms with Gasteiger partial charge in [0.05, 0.1) is 32.6 Å². The van der Waals surface area contributed by atoms with Crippen LogP contribution in [-0.2, 0) is 19.5 Å². The van der Waals surface area contributed by atoms with Crippen molar-refractivity contribution in [1.82, 2.24) is 29.7 Å². The second kappa shape index (κ2) is 11.6. The maximum atomic E-state index is 13.8. The maximum absolute atomic E-state index is 13.8. The fraction of sp³-hybridized carbons (Fsp3) is 0.542. The molecule has 3 aromatic heterocycles. The lowest BCUT2D eigenvalue weighted by Crippen LogP contribution is -2.34. The Kier molecular flexibility index (Phi) is 8.43. The van der Waals surface area contributed by atoms with Crippen LogP contribution in [0.1, 0.15) is 56.3 Å². The van der Waals surface area contributed by atoms with Gasteiger partial charge in [-0.3, -0.25) is 14.3 Å². The summed E-state index contributed by atoms with van der Waals surface area (Å²) in [6.45, 7) is 8.11. The van der Waals surface area contributed by atoms with Gasteiger partial charge in [0.1, 0.15) is 23.5 Å². The molecule has 38 heavy (non-hydrogen) atoms. The third-order valence-corrected chi connectivity index (χ3v) is 7.84. The van der Waals surface area contributed by atoms with Crippen LogP contribution >= 0.6 is 0 Å². The number of methoxy groups -OCH3 is 2. The molecule has 0 saturated carbocycles. The molecule has 0 bridgehead atoms. The number of nitrogens with one attached hydrogen (secondary N) is 1. The predicted molar refractivity (Wildman–Crippen MR) is 138 cm³/mol. The standard InChI is InChI=1S/C24H33N7O6S/c1-14(2)37-20(18-8-7-15(3)11-25-18)16(4)38(32,33)30-24-29-28-21(17-9-10-36-12-17)31(24)19-22(34-5)26-13-27-23(19)35-6/h7-8,11,13-14,16-17,20H,9-10,12H2,1-6H3,(H,29,30)/t16-,17-,20+/m0/s1. The van der Waals surface area contributed by atoms with Crippen molar-refractivity contribution < 1.29 is 27.4 Å². The summed E-state index contributed by atoms with van der Waals surface area (Å²) in [5, 5.41) is 7.49. The van der Waals surface area contributed by atoms with Gasteiger partial charge in [-0.1, -0.05) is 6.07 Å². The minimum Gasteiger partial charge on any atom is -0.479 e. The number of hydrogen-bond acceptors (Lipinski definition) is 11. The summed E-state index contributed by atoms with van der Waals surface area (Å²) in [6.07, 6.45) is 2.57. The van der Waals surface area contributed by atoms with Crippen molar-refractivity contribution in [3.05, 3.63) is 41.7 Å². The number of aryl methyl sites for hydroxylation is 1. The van der Waals surface area contributed by atoms with Crippen LogP contribution in [0.2, 0.25) is 0 Å². The molecule has 3 aromatic rings. The monoisotopic (exact) mass is 547 g/mol. The maximum Gasteiger partial charge on any atom is 0.245 e. The Morgan fingerprint density at radius 2 is 1.79 bits per heavy atom. The van der Waals surface area contributed by atoms with Crippen molar-refractivity contribution in [2.75, 3.05) is 32.2 Å². The normalized spacial score (nSPS) is 17.4. The van der Waals surface area contributed by atoms with Gasteiger partial charge in [0.25, 0.3) is 0 Å². The van der Waals surface area contributed by atoms with Gasteiger partial charge >= 0.3 is 0 Å². The van der Waals surface area contributed by atoms with Crippen LogP contribution in [-0.4, -0.2) is 76.9 Å². The number of rotatable bonds is 11. The van der Waals surface area contributed by atoms with Gasteiger partial charge in [0, 0.05) is 18.7 Å². The van der Waals surface area contributed by atoms with Gasteiger partial charge in [-0.15, -0.1) is 10.2 Å². The summed E-state index contributed by atoms with van der Waals surface area (Å²) in [4.78, 5) is 12.8. The van der Waals surface area contributed by atoms with Gasteiger partial charge in [-0.05, 0) is 45.7 Å². The molecule has 0 amide bonds. The van der Waals surface area contributed by atoms with Crippen molar-refractivity contribution in [2.24, 2.45) is 0 Å². The molecular formula is C24H33N7O6S. The van der Waals surface area contributed by atoms with Crippen molar-refractivity contribution in [3.63, 3.8) is 0 Å². The molecule has 0 spiro atoms. The number of aromatic nitrogens is 6. The zero-order valence-corrected chi connectivity index (χ0v) is 23.1. The molecule has 1 saturated heterocycles. The van der Waals surface area contributed by atoms with E-state index in [0.29, 0.717) is 31.2 Å². The minimum absolute atomic E-state index is 0.0645. The van der Waals surface area contributed by atoms with Crippen molar-refractivity contribution in [3.8, 4) is 17.4 Å². The molecule has 1 fully saturated rings. The number of nitrogens with zero attached hydrogens (tertiary/aromatic N) is 6. The predicted octanol–water partition coefficient (Wildman–Crippen LogP) is 2.58. The SMILES string of the molecule is COc1ncnc(OC)c1-n1c(NS(=O)(=O)[C@@H](C)[C@@H](OC(C)C)c2ccc(C)cn2)nnc1[C@H]1CCOC1. The summed E-state index contributed by atoms with van der Waals surface area (Å²) in [7, 11) is -1.19. The lowest BCUT2D eigenvalue weighted by Gasteiger charge is -2.26. The Bertz CT molecular complexity index is 1320. The Hall–Kier alpha value is -3.36. The summed E-state index contributed by atoms with van der Waals surface area (Å²) in [5.74, 6) is 0.590. The lowest BCUT2D eigenvalue weighted by molar-refractivity contribution is 0.00416. The first-order valence-electron chi connectivity index (χ1n) is 12.2. The Balaban J connectivity index is 1.78. The first-order valence-corrected chi connectivity index (χ1v) is 13.8. The topological polar surface area (TPSA) is 152 Å². The van der Waals surface area contributed by atoms with Crippen LogP contribution in [0.4, 0.5) is 5.95 Å². The smallest absolute Gasteiger partial charge is 0.245 e. The highest BCUT2D eigenvalue weighted by molar-refractivity contribution is 7.93. The molecule has 14 heteroatoms. The highest BCUT2D eigenvalue weighted by atomic mass is 32.2.